The van der Waals surface area contributed by atoms with Crippen LogP contribution in [-0.4, -0.2) is 4.98 Å². The van der Waals surface area contributed by atoms with E-state index >= 15 is 0 Å². The smallest absolute Gasteiger partial charge is 0.132 e. The Morgan fingerprint density at radius 2 is 2.33 bits per heavy atom. The van der Waals surface area contributed by atoms with Gasteiger partial charge in [0.05, 0.1) is 0 Å². The molecule has 2 heterocycles. The molecule has 2 rings (SSSR count). The van der Waals surface area contributed by atoms with Crippen LogP contribution in [0.4, 0.5) is 5.82 Å². The quantitative estimate of drug-likeness (QED) is 0.694. The van der Waals surface area contributed by atoms with Crippen LogP contribution < -0.4 is 11.5 Å². The number of nitrogens with zero attached hydrogens (tertiary/aromatic N) is 1. The molecular weight excluding hydrogens is 170 g/mol. The number of nitrogens with two attached hydrogens (primary N) is 2. The standard InChI is InChI=1S/C8H9N3S/c9-4-5-3-6-7(12-5)1-2-11-8(6)10/h1-3H,4,9H2,(H2,10,11). The monoisotopic (exact) mass is 179 g/mol. The Hall–Kier alpha value is -1.13. The minimum atomic E-state index is 0.568. The molecule has 0 saturated carbocycles. The Kier molecular flexibility index (Phi) is 1.71. The maximum absolute atomic E-state index is 5.68. The second kappa shape index (κ2) is 2.73. The Labute approximate surface area is 74.0 Å². The summed E-state index contributed by atoms with van der Waals surface area (Å²) in [5.74, 6) is 0.587. The number of pyridine rings is 1. The Balaban J connectivity index is 2.74. The van der Waals surface area contributed by atoms with Gasteiger partial charge in [-0.15, -0.1) is 11.3 Å². The first-order chi connectivity index (χ1) is 5.81. The summed E-state index contributed by atoms with van der Waals surface area (Å²) in [4.78, 5) is 5.14. The van der Waals surface area contributed by atoms with Crippen molar-refractivity contribution in [1.82, 2.24) is 4.98 Å². The Morgan fingerprint density at radius 1 is 1.50 bits per heavy atom. The highest BCUT2D eigenvalue weighted by Gasteiger charge is 2.02. The number of hydrogen-bond acceptors (Lipinski definition) is 4. The molecule has 2 aromatic rings. The zero-order valence-electron chi connectivity index (χ0n) is 6.45. The van der Waals surface area contributed by atoms with E-state index in [-0.39, 0.29) is 0 Å². The molecule has 0 aromatic carbocycles. The maximum atomic E-state index is 5.68. The number of nitrogen functional groups attached to an aromatic ring is 1. The van der Waals surface area contributed by atoms with Crippen molar-refractivity contribution in [2.75, 3.05) is 5.73 Å². The van der Waals surface area contributed by atoms with Crippen LogP contribution in [0.3, 0.4) is 0 Å². The van der Waals surface area contributed by atoms with E-state index in [1.807, 2.05) is 12.1 Å². The third-order valence-electron chi connectivity index (χ3n) is 1.73. The molecule has 0 amide bonds. The zero-order valence-corrected chi connectivity index (χ0v) is 7.27. The van der Waals surface area contributed by atoms with Crippen LogP contribution in [0.5, 0.6) is 0 Å². The van der Waals surface area contributed by atoms with E-state index in [1.54, 1.807) is 17.5 Å². The minimum absolute atomic E-state index is 0.568. The van der Waals surface area contributed by atoms with Crippen molar-refractivity contribution < 1.29 is 0 Å². The van der Waals surface area contributed by atoms with Crippen LogP contribution in [0.25, 0.3) is 10.1 Å². The predicted octanol–water partition coefficient (Wildman–Crippen LogP) is 1.34. The molecule has 0 radical (unpaired) electrons. The van der Waals surface area contributed by atoms with Gasteiger partial charge < -0.3 is 11.5 Å². The summed E-state index contributed by atoms with van der Waals surface area (Å²) in [5.41, 5.74) is 11.2. The number of aromatic nitrogens is 1. The summed E-state index contributed by atoms with van der Waals surface area (Å²) < 4.78 is 1.16. The van der Waals surface area contributed by atoms with Crippen molar-refractivity contribution in [3.63, 3.8) is 0 Å². The highest BCUT2D eigenvalue weighted by atomic mass is 32.1. The van der Waals surface area contributed by atoms with Crippen molar-refractivity contribution in [3.05, 3.63) is 23.2 Å². The van der Waals surface area contributed by atoms with Crippen molar-refractivity contribution in [1.29, 1.82) is 0 Å². The largest absolute Gasteiger partial charge is 0.383 e. The Bertz CT molecular complexity index is 408. The fourth-order valence-electron chi connectivity index (χ4n) is 1.14. The summed E-state index contributed by atoms with van der Waals surface area (Å²) in [6.45, 7) is 0.568. The summed E-state index contributed by atoms with van der Waals surface area (Å²) in [6.07, 6.45) is 1.72. The van der Waals surface area contributed by atoms with Crippen molar-refractivity contribution >= 4 is 27.2 Å². The number of rotatable bonds is 1. The van der Waals surface area contributed by atoms with Crippen LogP contribution in [0.1, 0.15) is 4.88 Å². The zero-order chi connectivity index (χ0) is 8.55. The topological polar surface area (TPSA) is 64.9 Å². The highest BCUT2D eigenvalue weighted by molar-refractivity contribution is 7.19. The van der Waals surface area contributed by atoms with Crippen LogP contribution >= 0.6 is 11.3 Å². The van der Waals surface area contributed by atoms with Gasteiger partial charge in [0.2, 0.25) is 0 Å². The molecule has 12 heavy (non-hydrogen) atoms. The van der Waals surface area contributed by atoms with Gasteiger partial charge in [-0.3, -0.25) is 0 Å². The van der Waals surface area contributed by atoms with Crippen LogP contribution in [0.15, 0.2) is 18.3 Å². The molecule has 0 saturated heterocycles. The van der Waals surface area contributed by atoms with Gasteiger partial charge in [-0.05, 0) is 12.1 Å². The molecule has 0 spiro atoms. The lowest BCUT2D eigenvalue weighted by Gasteiger charge is -1.91. The second-order valence-corrected chi connectivity index (χ2v) is 3.69. The minimum Gasteiger partial charge on any atom is -0.383 e. The maximum Gasteiger partial charge on any atom is 0.132 e. The van der Waals surface area contributed by atoms with E-state index < -0.39 is 0 Å². The number of fused-ring (bicyclic) bond motifs is 1. The molecule has 0 aliphatic heterocycles. The number of thiophene rings is 1. The van der Waals surface area contributed by atoms with E-state index in [0.717, 1.165) is 15.0 Å². The molecule has 2 aromatic heterocycles. The van der Waals surface area contributed by atoms with Crippen molar-refractivity contribution in [3.8, 4) is 0 Å². The number of anilines is 1. The van der Waals surface area contributed by atoms with Gasteiger partial charge in [-0.1, -0.05) is 0 Å². The van der Waals surface area contributed by atoms with E-state index in [4.69, 9.17) is 11.5 Å². The normalized spacial score (nSPS) is 10.8. The summed E-state index contributed by atoms with van der Waals surface area (Å²) in [5, 5.41) is 1.02. The number of hydrogen-bond donors (Lipinski definition) is 2. The average molecular weight is 179 g/mol. The van der Waals surface area contributed by atoms with Crippen LogP contribution in [-0.2, 0) is 6.54 Å². The van der Waals surface area contributed by atoms with Gasteiger partial charge in [0.1, 0.15) is 5.82 Å². The molecule has 62 valence electrons. The molecule has 0 fully saturated rings. The summed E-state index contributed by atoms with van der Waals surface area (Å²) >= 11 is 1.67. The first-order valence-electron chi connectivity index (χ1n) is 3.64. The predicted molar refractivity (Wildman–Crippen MR) is 51.9 cm³/mol. The van der Waals surface area contributed by atoms with Crippen LogP contribution in [0, 0.1) is 0 Å². The van der Waals surface area contributed by atoms with E-state index in [1.165, 1.54) is 0 Å². The summed E-state index contributed by atoms with van der Waals surface area (Å²) in [7, 11) is 0. The summed E-state index contributed by atoms with van der Waals surface area (Å²) in [6, 6.07) is 3.96. The molecule has 0 aliphatic carbocycles. The fraction of sp³-hybridized carbons (Fsp3) is 0.125. The third-order valence-corrected chi connectivity index (χ3v) is 2.85. The van der Waals surface area contributed by atoms with E-state index in [9.17, 15) is 0 Å². The van der Waals surface area contributed by atoms with Crippen LogP contribution in [0.2, 0.25) is 0 Å². The molecule has 0 atom stereocenters. The third kappa shape index (κ3) is 1.05. The van der Waals surface area contributed by atoms with Gasteiger partial charge in [0.25, 0.3) is 0 Å². The highest BCUT2D eigenvalue weighted by Crippen LogP contribution is 2.27. The molecule has 4 N–H and O–H groups in total. The molecule has 0 aliphatic rings. The SMILES string of the molecule is NCc1cc2c(N)nccc2s1. The van der Waals surface area contributed by atoms with Crippen molar-refractivity contribution in [2.24, 2.45) is 5.73 Å². The average Bonchev–Trinajstić information content (AvgIpc) is 2.49. The first kappa shape index (κ1) is 7.52. The van der Waals surface area contributed by atoms with Gasteiger partial charge in [-0.25, -0.2) is 4.98 Å². The molecule has 4 heteroatoms. The Morgan fingerprint density at radius 3 is 3.00 bits per heavy atom. The van der Waals surface area contributed by atoms with E-state index in [0.29, 0.717) is 12.4 Å². The van der Waals surface area contributed by atoms with Crippen molar-refractivity contribution in [2.45, 2.75) is 6.54 Å². The fourth-order valence-corrected chi connectivity index (χ4v) is 2.08. The first-order valence-corrected chi connectivity index (χ1v) is 4.46. The lowest BCUT2D eigenvalue weighted by Crippen LogP contribution is -1.91. The van der Waals surface area contributed by atoms with Gasteiger partial charge in [0.15, 0.2) is 0 Å². The van der Waals surface area contributed by atoms with E-state index in [2.05, 4.69) is 4.98 Å². The molecule has 0 bridgehead atoms. The van der Waals surface area contributed by atoms with Gasteiger partial charge in [-0.2, -0.15) is 0 Å². The molecule has 3 nitrogen and oxygen atoms in total. The molecular formula is C8H9N3S. The van der Waals surface area contributed by atoms with Gasteiger partial charge >= 0.3 is 0 Å². The van der Waals surface area contributed by atoms with Gasteiger partial charge in [0, 0.05) is 27.7 Å². The lowest BCUT2D eigenvalue weighted by molar-refractivity contribution is 1.11. The lowest BCUT2D eigenvalue weighted by atomic mass is 10.3. The second-order valence-electron chi connectivity index (χ2n) is 2.52. The molecule has 0 unspecified atom stereocenters.